The van der Waals surface area contributed by atoms with Crippen molar-refractivity contribution in [3.05, 3.63) is 35.9 Å². The molecule has 1 atom stereocenters. The summed E-state index contributed by atoms with van der Waals surface area (Å²) >= 11 is 0. The Morgan fingerprint density at radius 1 is 1.39 bits per heavy atom. The van der Waals surface area contributed by atoms with Crippen molar-refractivity contribution in [3.8, 4) is 0 Å². The zero-order chi connectivity index (χ0) is 12.8. The van der Waals surface area contributed by atoms with Crippen LogP contribution < -0.4 is 10.7 Å². The number of carbonyl (C=O) groups is 2. The molecule has 1 aliphatic heterocycles. The SMILES string of the molecule is O=C1NCCC[C@H]1C(=O)N/N=C\c1ccccc1. The van der Waals surface area contributed by atoms with Gasteiger partial charge in [-0.15, -0.1) is 0 Å². The van der Waals surface area contributed by atoms with Gasteiger partial charge in [-0.1, -0.05) is 30.3 Å². The second-order valence-corrected chi connectivity index (χ2v) is 4.13. The quantitative estimate of drug-likeness (QED) is 0.466. The van der Waals surface area contributed by atoms with E-state index in [9.17, 15) is 9.59 Å². The number of rotatable bonds is 3. The van der Waals surface area contributed by atoms with Crippen molar-refractivity contribution < 1.29 is 9.59 Å². The summed E-state index contributed by atoms with van der Waals surface area (Å²) in [6, 6.07) is 9.43. The maximum Gasteiger partial charge on any atom is 0.252 e. The van der Waals surface area contributed by atoms with Crippen LogP contribution >= 0.6 is 0 Å². The van der Waals surface area contributed by atoms with Crippen molar-refractivity contribution in [2.24, 2.45) is 11.0 Å². The minimum absolute atomic E-state index is 0.214. The maximum absolute atomic E-state index is 11.7. The van der Waals surface area contributed by atoms with Crippen molar-refractivity contribution >= 4 is 18.0 Å². The number of carbonyl (C=O) groups excluding carboxylic acids is 2. The van der Waals surface area contributed by atoms with Gasteiger partial charge in [-0.25, -0.2) is 5.43 Å². The van der Waals surface area contributed by atoms with E-state index in [-0.39, 0.29) is 11.8 Å². The third-order valence-electron chi connectivity index (χ3n) is 2.79. The molecule has 0 aliphatic carbocycles. The molecule has 0 radical (unpaired) electrons. The summed E-state index contributed by atoms with van der Waals surface area (Å²) < 4.78 is 0. The van der Waals surface area contributed by atoms with Crippen molar-refractivity contribution in [1.82, 2.24) is 10.7 Å². The predicted molar refractivity (Wildman–Crippen MR) is 67.9 cm³/mol. The van der Waals surface area contributed by atoms with Crippen LogP contribution in [0.1, 0.15) is 18.4 Å². The fraction of sp³-hybridized carbons (Fsp3) is 0.308. The lowest BCUT2D eigenvalue weighted by atomic mass is 9.98. The Bertz CT molecular complexity index is 457. The Balaban J connectivity index is 1.88. The standard InChI is InChI=1S/C13H15N3O2/c17-12-11(7-4-8-14-12)13(18)16-15-9-10-5-2-1-3-6-10/h1-3,5-6,9,11H,4,7-8H2,(H,14,17)(H,16,18)/b15-9-/t11-/m1/s1. The van der Waals surface area contributed by atoms with Crippen LogP contribution in [0.5, 0.6) is 0 Å². The highest BCUT2D eigenvalue weighted by molar-refractivity contribution is 6.00. The van der Waals surface area contributed by atoms with Crippen LogP contribution in [0, 0.1) is 5.92 Å². The Kier molecular flexibility index (Phi) is 4.06. The van der Waals surface area contributed by atoms with E-state index in [4.69, 9.17) is 0 Å². The van der Waals surface area contributed by atoms with Gasteiger partial charge < -0.3 is 5.32 Å². The molecule has 94 valence electrons. The van der Waals surface area contributed by atoms with Crippen molar-refractivity contribution in [2.75, 3.05) is 6.54 Å². The van der Waals surface area contributed by atoms with Gasteiger partial charge in [0.1, 0.15) is 5.92 Å². The Morgan fingerprint density at radius 3 is 2.89 bits per heavy atom. The molecule has 0 unspecified atom stereocenters. The van der Waals surface area contributed by atoms with Gasteiger partial charge in [0.05, 0.1) is 6.21 Å². The first-order valence-corrected chi connectivity index (χ1v) is 5.93. The lowest BCUT2D eigenvalue weighted by Gasteiger charge is -2.19. The zero-order valence-electron chi connectivity index (χ0n) is 9.93. The van der Waals surface area contributed by atoms with Crippen LogP contribution in [-0.4, -0.2) is 24.6 Å². The van der Waals surface area contributed by atoms with E-state index in [0.29, 0.717) is 13.0 Å². The molecule has 5 heteroatoms. The molecule has 1 heterocycles. The summed E-state index contributed by atoms with van der Waals surface area (Å²) in [5.74, 6) is -1.18. The van der Waals surface area contributed by atoms with Crippen LogP contribution in [0.25, 0.3) is 0 Å². The molecule has 0 bridgehead atoms. The van der Waals surface area contributed by atoms with E-state index in [0.717, 1.165) is 12.0 Å². The molecule has 1 aromatic carbocycles. The molecule has 1 aromatic rings. The second kappa shape index (κ2) is 5.95. The van der Waals surface area contributed by atoms with E-state index in [1.165, 1.54) is 0 Å². The molecular weight excluding hydrogens is 230 g/mol. The molecule has 2 amide bonds. The van der Waals surface area contributed by atoms with Crippen molar-refractivity contribution in [2.45, 2.75) is 12.8 Å². The molecule has 1 saturated heterocycles. The first-order chi connectivity index (χ1) is 8.77. The van der Waals surface area contributed by atoms with Gasteiger partial charge in [0, 0.05) is 6.54 Å². The first-order valence-electron chi connectivity index (χ1n) is 5.93. The van der Waals surface area contributed by atoms with Gasteiger partial charge in [-0.05, 0) is 18.4 Å². The highest BCUT2D eigenvalue weighted by Crippen LogP contribution is 2.11. The van der Waals surface area contributed by atoms with Crippen LogP contribution in [0.4, 0.5) is 0 Å². The third kappa shape index (κ3) is 3.16. The number of amides is 2. The second-order valence-electron chi connectivity index (χ2n) is 4.13. The minimum Gasteiger partial charge on any atom is -0.355 e. The number of nitrogens with one attached hydrogen (secondary N) is 2. The lowest BCUT2D eigenvalue weighted by Crippen LogP contribution is -2.43. The van der Waals surface area contributed by atoms with Crippen molar-refractivity contribution in [3.63, 3.8) is 0 Å². The fourth-order valence-electron chi connectivity index (χ4n) is 1.81. The van der Waals surface area contributed by atoms with E-state index in [1.807, 2.05) is 30.3 Å². The lowest BCUT2D eigenvalue weighted by molar-refractivity contribution is -0.136. The highest BCUT2D eigenvalue weighted by Gasteiger charge is 2.28. The van der Waals surface area contributed by atoms with E-state index in [2.05, 4.69) is 15.8 Å². The minimum atomic E-state index is -0.619. The maximum atomic E-state index is 11.7. The number of nitrogens with zero attached hydrogens (tertiary/aromatic N) is 1. The Labute approximate surface area is 105 Å². The number of hydrogen-bond acceptors (Lipinski definition) is 3. The Morgan fingerprint density at radius 2 is 2.17 bits per heavy atom. The van der Waals surface area contributed by atoms with E-state index in [1.54, 1.807) is 6.21 Å². The number of hydrogen-bond donors (Lipinski definition) is 2. The number of piperidine rings is 1. The largest absolute Gasteiger partial charge is 0.355 e. The molecule has 5 nitrogen and oxygen atoms in total. The summed E-state index contributed by atoms with van der Waals surface area (Å²) in [4.78, 5) is 23.2. The highest BCUT2D eigenvalue weighted by atomic mass is 16.2. The molecular formula is C13H15N3O2. The van der Waals surface area contributed by atoms with Gasteiger partial charge in [-0.2, -0.15) is 5.10 Å². The zero-order valence-corrected chi connectivity index (χ0v) is 9.93. The van der Waals surface area contributed by atoms with Crippen LogP contribution in [0.2, 0.25) is 0 Å². The van der Waals surface area contributed by atoms with Gasteiger partial charge in [-0.3, -0.25) is 9.59 Å². The molecule has 0 spiro atoms. The first kappa shape index (κ1) is 12.3. The van der Waals surface area contributed by atoms with Gasteiger partial charge in [0.2, 0.25) is 5.91 Å². The summed E-state index contributed by atoms with van der Waals surface area (Å²) in [6.07, 6.45) is 2.96. The summed E-state index contributed by atoms with van der Waals surface area (Å²) in [5.41, 5.74) is 3.30. The van der Waals surface area contributed by atoms with Crippen LogP contribution in [0.3, 0.4) is 0 Å². The molecule has 18 heavy (non-hydrogen) atoms. The van der Waals surface area contributed by atoms with Crippen molar-refractivity contribution in [1.29, 1.82) is 0 Å². The smallest absolute Gasteiger partial charge is 0.252 e. The molecule has 2 rings (SSSR count). The summed E-state index contributed by atoms with van der Waals surface area (Å²) in [5, 5.41) is 6.52. The van der Waals surface area contributed by atoms with Gasteiger partial charge in [0.25, 0.3) is 5.91 Å². The summed E-state index contributed by atoms with van der Waals surface area (Å²) in [7, 11) is 0. The van der Waals surface area contributed by atoms with E-state index >= 15 is 0 Å². The monoisotopic (exact) mass is 245 g/mol. The molecule has 0 saturated carbocycles. The van der Waals surface area contributed by atoms with E-state index < -0.39 is 5.92 Å². The topological polar surface area (TPSA) is 70.6 Å². The molecule has 2 N–H and O–H groups in total. The normalized spacial score (nSPS) is 19.6. The molecule has 1 aliphatic rings. The van der Waals surface area contributed by atoms with Gasteiger partial charge >= 0.3 is 0 Å². The molecule has 1 fully saturated rings. The predicted octanol–water partition coefficient (Wildman–Crippen LogP) is 0.663. The number of hydrazone groups is 1. The van der Waals surface area contributed by atoms with Crippen LogP contribution in [0.15, 0.2) is 35.4 Å². The number of benzene rings is 1. The molecule has 0 aromatic heterocycles. The van der Waals surface area contributed by atoms with Gasteiger partial charge in [0.15, 0.2) is 0 Å². The van der Waals surface area contributed by atoms with Crippen LogP contribution in [-0.2, 0) is 9.59 Å². The average Bonchev–Trinajstić information content (AvgIpc) is 2.40. The Hall–Kier alpha value is -2.17. The fourth-order valence-corrected chi connectivity index (χ4v) is 1.81. The summed E-state index contributed by atoms with van der Waals surface area (Å²) in [6.45, 7) is 0.649. The average molecular weight is 245 g/mol. The third-order valence-corrected chi connectivity index (χ3v) is 2.79.